The fraction of sp³-hybridized carbons (Fsp3) is 0.190. The topological polar surface area (TPSA) is 94.1 Å². The van der Waals surface area contributed by atoms with Crippen LogP contribution in [0.1, 0.15) is 11.3 Å². The quantitative estimate of drug-likeness (QED) is 0.504. The Morgan fingerprint density at radius 3 is 2.83 bits per heavy atom. The zero-order valence-electron chi connectivity index (χ0n) is 16.0. The van der Waals surface area contributed by atoms with Gasteiger partial charge in [-0.05, 0) is 42.3 Å². The molecule has 0 radical (unpaired) electrons. The normalized spacial score (nSPS) is 10.8. The Labute approximate surface area is 167 Å². The van der Waals surface area contributed by atoms with Gasteiger partial charge in [-0.3, -0.25) is 0 Å². The molecule has 0 saturated heterocycles. The van der Waals surface area contributed by atoms with Crippen LogP contribution in [-0.4, -0.2) is 39.7 Å². The summed E-state index contributed by atoms with van der Waals surface area (Å²) in [6, 6.07) is 15.5. The molecule has 0 bridgehead atoms. The molecule has 1 amide bonds. The SMILES string of the molecule is COc1ccc(-n2cc(COC(=O)NCCc3c[nH]c4ccccc34)nn2)cc1. The van der Waals surface area contributed by atoms with Crippen molar-refractivity contribution in [1.82, 2.24) is 25.3 Å². The monoisotopic (exact) mass is 391 g/mol. The van der Waals surface area contributed by atoms with Gasteiger partial charge < -0.3 is 19.8 Å². The molecule has 148 valence electrons. The Morgan fingerprint density at radius 1 is 1.17 bits per heavy atom. The van der Waals surface area contributed by atoms with Crippen molar-refractivity contribution in [3.63, 3.8) is 0 Å². The molecule has 0 aliphatic carbocycles. The zero-order valence-corrected chi connectivity index (χ0v) is 16.0. The van der Waals surface area contributed by atoms with E-state index in [0.29, 0.717) is 18.7 Å². The smallest absolute Gasteiger partial charge is 0.407 e. The highest BCUT2D eigenvalue weighted by Gasteiger charge is 2.08. The summed E-state index contributed by atoms with van der Waals surface area (Å²) in [5.74, 6) is 0.765. The molecule has 0 aliphatic rings. The number of aromatic nitrogens is 4. The first-order chi connectivity index (χ1) is 14.2. The fourth-order valence-electron chi connectivity index (χ4n) is 3.05. The Morgan fingerprint density at radius 2 is 2.00 bits per heavy atom. The lowest BCUT2D eigenvalue weighted by atomic mass is 10.1. The standard InChI is InChI=1S/C21H21N5O3/c1-28-18-8-6-17(7-9-18)26-13-16(24-25-26)14-29-21(27)22-11-10-15-12-23-20-5-3-2-4-19(15)20/h2-9,12-13,23H,10-11,14H2,1H3,(H,22,27). The molecule has 0 unspecified atom stereocenters. The highest BCUT2D eigenvalue weighted by Crippen LogP contribution is 2.17. The van der Waals surface area contributed by atoms with E-state index in [2.05, 4.69) is 26.7 Å². The number of methoxy groups -OCH3 is 1. The molecule has 2 N–H and O–H groups in total. The Balaban J connectivity index is 1.25. The summed E-state index contributed by atoms with van der Waals surface area (Å²) < 4.78 is 12.0. The van der Waals surface area contributed by atoms with E-state index in [9.17, 15) is 4.79 Å². The van der Waals surface area contributed by atoms with E-state index in [0.717, 1.165) is 27.9 Å². The van der Waals surface area contributed by atoms with Gasteiger partial charge >= 0.3 is 6.09 Å². The number of ether oxygens (including phenoxy) is 2. The highest BCUT2D eigenvalue weighted by molar-refractivity contribution is 5.83. The van der Waals surface area contributed by atoms with Crippen molar-refractivity contribution in [2.24, 2.45) is 0 Å². The summed E-state index contributed by atoms with van der Waals surface area (Å²) >= 11 is 0. The lowest BCUT2D eigenvalue weighted by Gasteiger charge is -2.05. The maximum absolute atomic E-state index is 11.9. The molecule has 0 aliphatic heterocycles. The third-order valence-corrected chi connectivity index (χ3v) is 4.57. The van der Waals surface area contributed by atoms with E-state index >= 15 is 0 Å². The maximum atomic E-state index is 11.9. The van der Waals surface area contributed by atoms with Crippen molar-refractivity contribution in [3.05, 3.63) is 72.2 Å². The van der Waals surface area contributed by atoms with Gasteiger partial charge in [-0.25, -0.2) is 9.48 Å². The lowest BCUT2D eigenvalue weighted by Crippen LogP contribution is -2.26. The van der Waals surface area contributed by atoms with Crippen molar-refractivity contribution in [2.45, 2.75) is 13.0 Å². The zero-order chi connectivity index (χ0) is 20.1. The predicted molar refractivity (Wildman–Crippen MR) is 108 cm³/mol. The van der Waals surface area contributed by atoms with Crippen LogP contribution in [-0.2, 0) is 17.8 Å². The Kier molecular flexibility index (Phi) is 5.42. The molecule has 8 nitrogen and oxygen atoms in total. The molecule has 8 heteroatoms. The Hall–Kier alpha value is -3.81. The number of fused-ring (bicyclic) bond motifs is 1. The van der Waals surface area contributed by atoms with Crippen LogP contribution < -0.4 is 10.1 Å². The number of alkyl carbamates (subject to hydrolysis) is 1. The molecule has 4 aromatic rings. The van der Waals surface area contributed by atoms with E-state index in [1.165, 1.54) is 0 Å². The summed E-state index contributed by atoms with van der Waals surface area (Å²) in [4.78, 5) is 15.2. The number of aromatic amines is 1. The minimum Gasteiger partial charge on any atom is -0.497 e. The third-order valence-electron chi connectivity index (χ3n) is 4.57. The van der Waals surface area contributed by atoms with Crippen molar-refractivity contribution in [3.8, 4) is 11.4 Å². The minimum absolute atomic E-state index is 0.0507. The average Bonchev–Trinajstić information content (AvgIpc) is 3.40. The van der Waals surface area contributed by atoms with Crippen LogP contribution in [0.15, 0.2) is 60.9 Å². The first kappa shape index (κ1) is 18.5. The second-order valence-corrected chi connectivity index (χ2v) is 6.46. The summed E-state index contributed by atoms with van der Waals surface area (Å²) in [7, 11) is 1.62. The summed E-state index contributed by atoms with van der Waals surface area (Å²) in [5, 5.41) is 12.0. The Bertz CT molecular complexity index is 1100. The molecule has 0 spiro atoms. The molecule has 2 aromatic carbocycles. The number of para-hydroxylation sites is 1. The van der Waals surface area contributed by atoms with E-state index < -0.39 is 6.09 Å². The van der Waals surface area contributed by atoms with Crippen molar-refractivity contribution >= 4 is 17.0 Å². The predicted octanol–water partition coefficient (Wildman–Crippen LogP) is 3.23. The van der Waals surface area contributed by atoms with Crippen LogP contribution in [0.3, 0.4) is 0 Å². The van der Waals surface area contributed by atoms with E-state index in [-0.39, 0.29) is 6.61 Å². The van der Waals surface area contributed by atoms with E-state index in [1.54, 1.807) is 18.0 Å². The number of hydrogen-bond donors (Lipinski definition) is 2. The van der Waals surface area contributed by atoms with Gasteiger partial charge in [-0.15, -0.1) is 5.10 Å². The number of carbonyl (C=O) groups is 1. The summed E-state index contributed by atoms with van der Waals surface area (Å²) in [6.07, 6.45) is 3.92. The first-order valence-corrected chi connectivity index (χ1v) is 9.24. The van der Waals surface area contributed by atoms with Gasteiger partial charge in [0.15, 0.2) is 0 Å². The number of rotatable bonds is 7. The minimum atomic E-state index is -0.483. The lowest BCUT2D eigenvalue weighted by molar-refractivity contribution is 0.138. The van der Waals surface area contributed by atoms with E-state index in [1.807, 2.05) is 48.7 Å². The number of nitrogens with zero attached hydrogens (tertiary/aromatic N) is 3. The molecular formula is C21H21N5O3. The van der Waals surface area contributed by atoms with E-state index in [4.69, 9.17) is 9.47 Å². The second-order valence-electron chi connectivity index (χ2n) is 6.46. The third kappa shape index (κ3) is 4.37. The van der Waals surface area contributed by atoms with Gasteiger partial charge in [-0.2, -0.15) is 0 Å². The summed E-state index contributed by atoms with van der Waals surface area (Å²) in [6.45, 7) is 0.536. The number of carbonyl (C=O) groups excluding carboxylic acids is 1. The highest BCUT2D eigenvalue weighted by atomic mass is 16.5. The molecule has 4 rings (SSSR count). The van der Waals surface area contributed by atoms with Crippen LogP contribution in [0, 0.1) is 0 Å². The molecule has 29 heavy (non-hydrogen) atoms. The van der Waals surface area contributed by atoms with Crippen molar-refractivity contribution in [2.75, 3.05) is 13.7 Å². The van der Waals surface area contributed by atoms with Crippen molar-refractivity contribution < 1.29 is 14.3 Å². The van der Waals surface area contributed by atoms with Crippen LogP contribution in [0.2, 0.25) is 0 Å². The first-order valence-electron chi connectivity index (χ1n) is 9.24. The van der Waals surface area contributed by atoms with Crippen LogP contribution in [0.5, 0.6) is 5.75 Å². The number of benzene rings is 2. The van der Waals surface area contributed by atoms with Gasteiger partial charge in [0.2, 0.25) is 0 Å². The second kappa shape index (κ2) is 8.47. The number of H-pyrrole nitrogens is 1. The number of hydrogen-bond acceptors (Lipinski definition) is 5. The molecule has 2 heterocycles. The summed E-state index contributed by atoms with van der Waals surface area (Å²) in [5.41, 5.74) is 3.65. The molecule has 2 aromatic heterocycles. The van der Waals surface area contributed by atoms with Gasteiger partial charge in [0, 0.05) is 23.6 Å². The molecule has 0 fully saturated rings. The average molecular weight is 391 g/mol. The molecule has 0 atom stereocenters. The van der Waals surface area contributed by atoms with Gasteiger partial charge in [0.25, 0.3) is 0 Å². The molecule has 0 saturated carbocycles. The van der Waals surface area contributed by atoms with Gasteiger partial charge in [0.1, 0.15) is 18.1 Å². The van der Waals surface area contributed by atoms with Gasteiger partial charge in [0.05, 0.1) is 19.0 Å². The number of amides is 1. The van der Waals surface area contributed by atoms with Crippen LogP contribution in [0.25, 0.3) is 16.6 Å². The largest absolute Gasteiger partial charge is 0.497 e. The maximum Gasteiger partial charge on any atom is 0.407 e. The van der Waals surface area contributed by atoms with Crippen LogP contribution >= 0.6 is 0 Å². The van der Waals surface area contributed by atoms with Crippen LogP contribution in [0.4, 0.5) is 4.79 Å². The molecular weight excluding hydrogens is 370 g/mol. The van der Waals surface area contributed by atoms with Crippen molar-refractivity contribution in [1.29, 1.82) is 0 Å². The fourth-order valence-corrected chi connectivity index (χ4v) is 3.05. The van der Waals surface area contributed by atoms with Gasteiger partial charge in [-0.1, -0.05) is 23.4 Å². The number of nitrogens with one attached hydrogen (secondary N) is 2.